The van der Waals surface area contributed by atoms with Gasteiger partial charge in [0.1, 0.15) is 5.75 Å². The number of amides is 2. The molecule has 1 aliphatic rings. The van der Waals surface area contributed by atoms with Gasteiger partial charge in [0.05, 0.1) is 5.02 Å². The molecule has 0 spiro atoms. The maximum atomic E-state index is 11.7. The Balaban J connectivity index is 1.63. The van der Waals surface area contributed by atoms with E-state index in [9.17, 15) is 9.59 Å². The predicted octanol–water partition coefficient (Wildman–Crippen LogP) is 2.50. The molecule has 120 valence electrons. The number of rotatable bonds is 7. The summed E-state index contributed by atoms with van der Waals surface area (Å²) >= 11 is 11.8. The van der Waals surface area contributed by atoms with Crippen molar-refractivity contribution in [3.63, 3.8) is 0 Å². The zero-order valence-electron chi connectivity index (χ0n) is 12.1. The largest absolute Gasteiger partial charge is 0.482 e. The maximum absolute atomic E-state index is 11.7. The predicted molar refractivity (Wildman–Crippen MR) is 85.4 cm³/mol. The zero-order valence-corrected chi connectivity index (χ0v) is 13.6. The SMILES string of the molecule is O=C(COc1cc(Cl)ccc1Cl)NCCCN1CCCC1=O. The average molecular weight is 345 g/mol. The van der Waals surface area contributed by atoms with E-state index < -0.39 is 0 Å². The maximum Gasteiger partial charge on any atom is 0.257 e. The van der Waals surface area contributed by atoms with E-state index in [0.29, 0.717) is 35.3 Å². The summed E-state index contributed by atoms with van der Waals surface area (Å²) in [4.78, 5) is 24.9. The number of halogens is 2. The summed E-state index contributed by atoms with van der Waals surface area (Å²) < 4.78 is 5.33. The minimum atomic E-state index is -0.233. The van der Waals surface area contributed by atoms with Crippen LogP contribution in [0.2, 0.25) is 10.0 Å². The Hall–Kier alpha value is -1.46. The van der Waals surface area contributed by atoms with E-state index in [4.69, 9.17) is 27.9 Å². The van der Waals surface area contributed by atoms with E-state index in [1.54, 1.807) is 18.2 Å². The Kier molecular flexibility index (Phi) is 6.34. The molecule has 0 unspecified atom stereocenters. The van der Waals surface area contributed by atoms with Gasteiger partial charge in [0, 0.05) is 37.1 Å². The number of carbonyl (C=O) groups is 2. The fourth-order valence-corrected chi connectivity index (χ4v) is 2.55. The first-order valence-corrected chi connectivity index (χ1v) is 7.94. The second-order valence-electron chi connectivity index (χ2n) is 5.05. The molecule has 1 aromatic rings. The standard InChI is InChI=1S/C15H18Cl2N2O3/c16-11-4-5-12(17)13(9-11)22-10-14(20)18-6-2-8-19-7-1-3-15(19)21/h4-5,9H,1-3,6-8,10H2,(H,18,20). The summed E-state index contributed by atoms with van der Waals surface area (Å²) in [5.74, 6) is 0.348. The number of ether oxygens (including phenoxy) is 1. The van der Waals surface area contributed by atoms with Crippen molar-refractivity contribution in [2.75, 3.05) is 26.2 Å². The van der Waals surface area contributed by atoms with Crippen molar-refractivity contribution in [2.24, 2.45) is 0 Å². The molecule has 1 aromatic carbocycles. The molecule has 1 heterocycles. The third kappa shape index (κ3) is 5.07. The van der Waals surface area contributed by atoms with Gasteiger partial charge < -0.3 is 15.0 Å². The first-order chi connectivity index (χ1) is 10.6. The highest BCUT2D eigenvalue weighted by molar-refractivity contribution is 6.34. The number of carbonyl (C=O) groups excluding carboxylic acids is 2. The van der Waals surface area contributed by atoms with Crippen LogP contribution in [0.1, 0.15) is 19.3 Å². The lowest BCUT2D eigenvalue weighted by atomic mass is 10.3. The molecule has 1 saturated heterocycles. The van der Waals surface area contributed by atoms with E-state index in [0.717, 1.165) is 19.4 Å². The Bertz CT molecular complexity index is 552. The van der Waals surface area contributed by atoms with Crippen LogP contribution >= 0.6 is 23.2 Å². The van der Waals surface area contributed by atoms with E-state index in [1.165, 1.54) is 0 Å². The fourth-order valence-electron chi connectivity index (χ4n) is 2.22. The molecular formula is C15H18Cl2N2O3. The van der Waals surface area contributed by atoms with Crippen LogP contribution in [0.25, 0.3) is 0 Å². The quantitative estimate of drug-likeness (QED) is 0.773. The van der Waals surface area contributed by atoms with Gasteiger partial charge in [-0.3, -0.25) is 9.59 Å². The van der Waals surface area contributed by atoms with Crippen LogP contribution < -0.4 is 10.1 Å². The van der Waals surface area contributed by atoms with Crippen LogP contribution in [0.4, 0.5) is 0 Å². The zero-order chi connectivity index (χ0) is 15.9. The van der Waals surface area contributed by atoms with Crippen molar-refractivity contribution in [2.45, 2.75) is 19.3 Å². The van der Waals surface area contributed by atoms with Crippen LogP contribution in [0.15, 0.2) is 18.2 Å². The molecule has 0 radical (unpaired) electrons. The summed E-state index contributed by atoms with van der Waals surface area (Å²) in [5.41, 5.74) is 0. The molecule has 0 aliphatic carbocycles. The van der Waals surface area contributed by atoms with Crippen molar-refractivity contribution in [3.8, 4) is 5.75 Å². The van der Waals surface area contributed by atoms with E-state index >= 15 is 0 Å². The van der Waals surface area contributed by atoms with Crippen LogP contribution in [0.3, 0.4) is 0 Å². The van der Waals surface area contributed by atoms with Crippen LogP contribution in [-0.2, 0) is 9.59 Å². The number of hydrogen-bond donors (Lipinski definition) is 1. The molecule has 7 heteroatoms. The van der Waals surface area contributed by atoms with Gasteiger partial charge in [-0.05, 0) is 25.0 Å². The Morgan fingerprint density at radius 2 is 2.18 bits per heavy atom. The molecule has 0 saturated carbocycles. The number of benzene rings is 1. The number of nitrogens with one attached hydrogen (secondary N) is 1. The molecule has 5 nitrogen and oxygen atoms in total. The highest BCUT2D eigenvalue weighted by atomic mass is 35.5. The van der Waals surface area contributed by atoms with Gasteiger partial charge in [0.25, 0.3) is 5.91 Å². The number of hydrogen-bond acceptors (Lipinski definition) is 3. The second kappa shape index (κ2) is 8.25. The lowest BCUT2D eigenvalue weighted by molar-refractivity contribution is -0.127. The Labute approximate surface area is 139 Å². The summed E-state index contributed by atoms with van der Waals surface area (Å²) in [6.07, 6.45) is 2.30. The molecule has 1 N–H and O–H groups in total. The Morgan fingerprint density at radius 3 is 2.91 bits per heavy atom. The molecule has 1 aliphatic heterocycles. The minimum Gasteiger partial charge on any atom is -0.482 e. The minimum absolute atomic E-state index is 0.122. The molecule has 2 rings (SSSR count). The van der Waals surface area contributed by atoms with Crippen molar-refractivity contribution < 1.29 is 14.3 Å². The summed E-state index contributed by atoms with van der Waals surface area (Å²) in [5, 5.41) is 3.65. The third-order valence-electron chi connectivity index (χ3n) is 3.35. The van der Waals surface area contributed by atoms with Crippen molar-refractivity contribution >= 4 is 35.0 Å². The second-order valence-corrected chi connectivity index (χ2v) is 5.89. The fraction of sp³-hybridized carbons (Fsp3) is 0.467. The van der Waals surface area contributed by atoms with Gasteiger partial charge >= 0.3 is 0 Å². The lowest BCUT2D eigenvalue weighted by Gasteiger charge is -2.15. The monoisotopic (exact) mass is 344 g/mol. The lowest BCUT2D eigenvalue weighted by Crippen LogP contribution is -2.33. The van der Waals surface area contributed by atoms with Crippen molar-refractivity contribution in [1.82, 2.24) is 10.2 Å². The van der Waals surface area contributed by atoms with Gasteiger partial charge in [-0.1, -0.05) is 23.2 Å². The number of likely N-dealkylation sites (tertiary alicyclic amines) is 1. The van der Waals surface area contributed by atoms with Gasteiger partial charge in [-0.15, -0.1) is 0 Å². The van der Waals surface area contributed by atoms with Crippen LogP contribution in [0.5, 0.6) is 5.75 Å². The highest BCUT2D eigenvalue weighted by Crippen LogP contribution is 2.27. The molecule has 22 heavy (non-hydrogen) atoms. The van der Waals surface area contributed by atoms with Crippen molar-refractivity contribution in [1.29, 1.82) is 0 Å². The number of nitrogens with zero attached hydrogens (tertiary/aromatic N) is 1. The van der Waals surface area contributed by atoms with E-state index in [2.05, 4.69) is 5.32 Å². The summed E-state index contributed by atoms with van der Waals surface area (Å²) in [7, 11) is 0. The topological polar surface area (TPSA) is 58.6 Å². The van der Waals surface area contributed by atoms with Crippen LogP contribution in [-0.4, -0.2) is 43.0 Å². The molecule has 0 bridgehead atoms. The highest BCUT2D eigenvalue weighted by Gasteiger charge is 2.19. The van der Waals surface area contributed by atoms with Crippen LogP contribution in [0, 0.1) is 0 Å². The van der Waals surface area contributed by atoms with E-state index in [1.807, 2.05) is 4.90 Å². The third-order valence-corrected chi connectivity index (χ3v) is 3.90. The normalized spacial score (nSPS) is 14.3. The van der Waals surface area contributed by atoms with Gasteiger partial charge in [0.2, 0.25) is 5.91 Å². The van der Waals surface area contributed by atoms with Crippen molar-refractivity contribution in [3.05, 3.63) is 28.2 Å². The van der Waals surface area contributed by atoms with Gasteiger partial charge in [-0.2, -0.15) is 0 Å². The first kappa shape index (κ1) is 16.9. The van der Waals surface area contributed by atoms with Gasteiger partial charge in [0.15, 0.2) is 6.61 Å². The molecule has 0 aromatic heterocycles. The molecule has 2 amide bonds. The average Bonchev–Trinajstić information content (AvgIpc) is 2.90. The van der Waals surface area contributed by atoms with E-state index in [-0.39, 0.29) is 18.4 Å². The molecule has 1 fully saturated rings. The van der Waals surface area contributed by atoms with Gasteiger partial charge in [-0.25, -0.2) is 0 Å². The Morgan fingerprint density at radius 1 is 1.36 bits per heavy atom. The molecule has 0 atom stereocenters. The smallest absolute Gasteiger partial charge is 0.257 e. The summed E-state index contributed by atoms with van der Waals surface area (Å²) in [6, 6.07) is 4.83. The molecular weight excluding hydrogens is 327 g/mol. The summed E-state index contributed by atoms with van der Waals surface area (Å²) in [6.45, 7) is 1.89. The first-order valence-electron chi connectivity index (χ1n) is 7.18.